The number of benzene rings is 1. The van der Waals surface area contributed by atoms with Gasteiger partial charge in [-0.25, -0.2) is 4.31 Å². The first kappa shape index (κ1) is 13.5. The van der Waals surface area contributed by atoms with E-state index in [-0.39, 0.29) is 0 Å². The molecule has 1 rings (SSSR count). The van der Waals surface area contributed by atoms with E-state index in [0.29, 0.717) is 0 Å². The number of thiocarbonyl (C=S) groups is 1. The van der Waals surface area contributed by atoms with Gasteiger partial charge >= 0.3 is 0 Å². The van der Waals surface area contributed by atoms with E-state index in [9.17, 15) is 0 Å². The molecule has 0 aliphatic carbocycles. The van der Waals surface area contributed by atoms with Crippen molar-refractivity contribution in [2.24, 2.45) is 0 Å². The Bertz CT molecular complexity index is 310. The average Bonchev–Trinajstić information content (AvgIpc) is 2.34. The van der Waals surface area contributed by atoms with E-state index in [2.05, 4.69) is 35.6 Å². The minimum absolute atomic E-state index is 0.800. The number of hydrogen-bond acceptors (Lipinski definition) is 3. The number of nitrogens with one attached hydrogen (secondary N) is 1. The zero-order valence-electron chi connectivity index (χ0n) is 9.77. The van der Waals surface area contributed by atoms with Crippen LogP contribution in [0.4, 0.5) is 0 Å². The zero-order valence-corrected chi connectivity index (χ0v) is 11.4. The lowest BCUT2D eigenvalue weighted by Gasteiger charge is -2.17. The minimum atomic E-state index is 0.800. The van der Waals surface area contributed by atoms with Crippen LogP contribution in [0.2, 0.25) is 0 Å². The number of nitrogens with zero attached hydrogens (tertiary/aromatic N) is 1. The van der Waals surface area contributed by atoms with Crippen LogP contribution in [0.25, 0.3) is 0 Å². The van der Waals surface area contributed by atoms with E-state index < -0.39 is 0 Å². The molecule has 0 saturated heterocycles. The lowest BCUT2D eigenvalue weighted by atomic mass is 10.2. The molecule has 0 radical (unpaired) electrons. The molecule has 1 aromatic carbocycles. The van der Waals surface area contributed by atoms with Crippen LogP contribution in [0, 0.1) is 0 Å². The molecule has 0 bridgehead atoms. The first-order valence-corrected chi connectivity index (χ1v) is 6.69. The molecule has 88 valence electrons. The second kappa shape index (κ2) is 7.65. The summed E-state index contributed by atoms with van der Waals surface area (Å²) in [4.78, 5) is 0. The van der Waals surface area contributed by atoms with Crippen LogP contribution in [-0.4, -0.2) is 21.7 Å². The topological polar surface area (TPSA) is 15.3 Å². The largest absolute Gasteiger partial charge is 0.366 e. The standard InChI is InChI=1S/C12H18N2S2/c1-3-14(4-2)16-12(15)13-10-11-8-6-5-7-9-11/h5-9H,3-4,10H2,1-2H3,(H,13,15). The molecule has 0 aromatic heterocycles. The Morgan fingerprint density at radius 2 is 1.88 bits per heavy atom. The van der Waals surface area contributed by atoms with Gasteiger partial charge in [-0.05, 0) is 17.5 Å². The summed E-state index contributed by atoms with van der Waals surface area (Å²) in [6.45, 7) is 7.09. The number of rotatable bonds is 5. The highest BCUT2D eigenvalue weighted by molar-refractivity contribution is 8.21. The van der Waals surface area contributed by atoms with Crippen LogP contribution >= 0.6 is 24.2 Å². The molecular formula is C12H18N2S2. The van der Waals surface area contributed by atoms with Crippen molar-refractivity contribution in [3.63, 3.8) is 0 Å². The van der Waals surface area contributed by atoms with E-state index >= 15 is 0 Å². The summed E-state index contributed by atoms with van der Waals surface area (Å²) in [6, 6.07) is 10.3. The SMILES string of the molecule is CCN(CC)SC(=S)NCc1ccccc1. The summed E-state index contributed by atoms with van der Waals surface area (Å²) in [6.07, 6.45) is 0. The maximum Gasteiger partial charge on any atom is 0.149 e. The third-order valence-corrected chi connectivity index (χ3v) is 3.65. The van der Waals surface area contributed by atoms with Gasteiger partial charge in [0.25, 0.3) is 0 Å². The second-order valence-electron chi connectivity index (χ2n) is 3.33. The summed E-state index contributed by atoms with van der Waals surface area (Å²) < 4.78 is 3.06. The minimum Gasteiger partial charge on any atom is -0.366 e. The van der Waals surface area contributed by atoms with Crippen molar-refractivity contribution < 1.29 is 0 Å². The molecule has 0 saturated carbocycles. The van der Waals surface area contributed by atoms with Crippen molar-refractivity contribution in [1.82, 2.24) is 9.62 Å². The Kier molecular flexibility index (Phi) is 6.45. The van der Waals surface area contributed by atoms with E-state index in [1.54, 1.807) is 11.9 Å². The lowest BCUT2D eigenvalue weighted by Crippen LogP contribution is -2.24. The molecule has 0 aliphatic heterocycles. The van der Waals surface area contributed by atoms with Gasteiger partial charge < -0.3 is 5.32 Å². The smallest absolute Gasteiger partial charge is 0.149 e. The van der Waals surface area contributed by atoms with Gasteiger partial charge in [-0.3, -0.25) is 0 Å². The summed E-state index contributed by atoms with van der Waals surface area (Å²) in [5, 5.41) is 3.25. The van der Waals surface area contributed by atoms with Gasteiger partial charge in [0, 0.05) is 19.6 Å². The van der Waals surface area contributed by atoms with E-state index in [0.717, 1.165) is 24.0 Å². The highest BCUT2D eigenvalue weighted by Gasteiger charge is 2.04. The molecule has 0 heterocycles. The summed E-state index contributed by atoms with van der Waals surface area (Å²) >= 11 is 6.89. The predicted molar refractivity (Wildman–Crippen MR) is 76.4 cm³/mol. The molecule has 0 amide bonds. The highest BCUT2D eigenvalue weighted by atomic mass is 32.2. The molecule has 2 nitrogen and oxygen atoms in total. The molecule has 1 aromatic rings. The fraction of sp³-hybridized carbons (Fsp3) is 0.417. The molecule has 0 atom stereocenters. The number of hydrogen-bond donors (Lipinski definition) is 1. The predicted octanol–water partition coefficient (Wildman–Crippen LogP) is 3.05. The van der Waals surface area contributed by atoms with Crippen molar-refractivity contribution in [3.8, 4) is 0 Å². The van der Waals surface area contributed by atoms with Crippen molar-refractivity contribution in [2.45, 2.75) is 20.4 Å². The quantitative estimate of drug-likeness (QED) is 0.641. The molecule has 16 heavy (non-hydrogen) atoms. The van der Waals surface area contributed by atoms with Gasteiger partial charge in [-0.15, -0.1) is 0 Å². The van der Waals surface area contributed by atoms with Gasteiger partial charge in [-0.1, -0.05) is 56.4 Å². The Morgan fingerprint density at radius 3 is 2.44 bits per heavy atom. The third kappa shape index (κ3) is 4.96. The lowest BCUT2D eigenvalue weighted by molar-refractivity contribution is 0.529. The maximum absolute atomic E-state index is 5.27. The monoisotopic (exact) mass is 254 g/mol. The van der Waals surface area contributed by atoms with Crippen molar-refractivity contribution in [1.29, 1.82) is 0 Å². The third-order valence-electron chi connectivity index (χ3n) is 2.20. The summed E-state index contributed by atoms with van der Waals surface area (Å²) in [5.74, 6) is 0. The highest BCUT2D eigenvalue weighted by Crippen LogP contribution is 2.10. The van der Waals surface area contributed by atoms with Crippen LogP contribution in [0.1, 0.15) is 19.4 Å². The van der Waals surface area contributed by atoms with E-state index in [4.69, 9.17) is 12.2 Å². The van der Waals surface area contributed by atoms with E-state index in [1.807, 2.05) is 18.2 Å². The second-order valence-corrected chi connectivity index (χ2v) is 5.11. The van der Waals surface area contributed by atoms with Crippen LogP contribution in [0.15, 0.2) is 30.3 Å². The molecular weight excluding hydrogens is 236 g/mol. The molecule has 4 heteroatoms. The Balaban J connectivity index is 2.30. The van der Waals surface area contributed by atoms with Crippen LogP contribution in [-0.2, 0) is 6.54 Å². The average molecular weight is 254 g/mol. The van der Waals surface area contributed by atoms with Crippen LogP contribution in [0.3, 0.4) is 0 Å². The van der Waals surface area contributed by atoms with Crippen molar-refractivity contribution >= 4 is 28.5 Å². The maximum atomic E-state index is 5.27. The fourth-order valence-electron chi connectivity index (χ4n) is 1.27. The van der Waals surface area contributed by atoms with Gasteiger partial charge in [-0.2, -0.15) is 0 Å². The Hall–Kier alpha value is -0.580. The Morgan fingerprint density at radius 1 is 1.25 bits per heavy atom. The Labute approximate surface area is 108 Å². The fourth-order valence-corrected chi connectivity index (χ4v) is 2.29. The first-order chi connectivity index (χ1) is 7.76. The summed E-state index contributed by atoms with van der Waals surface area (Å²) in [7, 11) is 0. The van der Waals surface area contributed by atoms with Gasteiger partial charge in [0.1, 0.15) is 4.32 Å². The molecule has 0 spiro atoms. The van der Waals surface area contributed by atoms with Crippen LogP contribution < -0.4 is 5.32 Å². The van der Waals surface area contributed by atoms with Crippen LogP contribution in [0.5, 0.6) is 0 Å². The van der Waals surface area contributed by atoms with Crippen molar-refractivity contribution in [3.05, 3.63) is 35.9 Å². The molecule has 0 fully saturated rings. The first-order valence-electron chi connectivity index (χ1n) is 5.51. The molecule has 0 unspecified atom stereocenters. The van der Waals surface area contributed by atoms with Crippen molar-refractivity contribution in [2.75, 3.05) is 13.1 Å². The van der Waals surface area contributed by atoms with Gasteiger partial charge in [0.05, 0.1) is 0 Å². The van der Waals surface area contributed by atoms with Gasteiger partial charge in [0.15, 0.2) is 0 Å². The molecule has 1 N–H and O–H groups in total. The zero-order chi connectivity index (χ0) is 11.8. The molecule has 0 aliphatic rings. The summed E-state index contributed by atoms with van der Waals surface area (Å²) in [5.41, 5.74) is 1.25. The normalized spacial score (nSPS) is 10.4. The van der Waals surface area contributed by atoms with Gasteiger partial charge in [0.2, 0.25) is 0 Å². The van der Waals surface area contributed by atoms with E-state index in [1.165, 1.54) is 5.56 Å².